The number of aromatic nitrogens is 3. The molecule has 27 heavy (non-hydrogen) atoms. The number of hydrogen-bond donors (Lipinski definition) is 1. The van der Waals surface area contributed by atoms with Gasteiger partial charge in [-0.25, -0.2) is 14.5 Å². The van der Waals surface area contributed by atoms with Crippen LogP contribution in [-0.2, 0) is 0 Å². The summed E-state index contributed by atoms with van der Waals surface area (Å²) < 4.78 is 2.69. The molecule has 0 atom stereocenters. The van der Waals surface area contributed by atoms with Crippen LogP contribution in [0.1, 0.15) is 36.5 Å². The molecular formula is C21H20BrN3O2. The second-order valence-electron chi connectivity index (χ2n) is 6.10. The smallest absolute Gasteiger partial charge is 0.354 e. The Bertz CT molecular complexity index is 1060. The summed E-state index contributed by atoms with van der Waals surface area (Å²) in [7, 11) is 0. The Labute approximate surface area is 166 Å². The van der Waals surface area contributed by atoms with Crippen LogP contribution in [0.4, 0.5) is 0 Å². The van der Waals surface area contributed by atoms with Crippen LogP contribution in [0.2, 0.25) is 0 Å². The fourth-order valence-electron chi connectivity index (χ4n) is 3.04. The molecule has 0 aliphatic rings. The lowest BCUT2D eigenvalue weighted by atomic mass is 10.0. The molecule has 0 saturated carbocycles. The van der Waals surface area contributed by atoms with Crippen LogP contribution < -0.4 is 0 Å². The minimum Gasteiger partial charge on any atom is -0.477 e. The molecule has 2 aromatic heterocycles. The zero-order valence-electron chi connectivity index (χ0n) is 15.4. The molecule has 6 heteroatoms. The van der Waals surface area contributed by atoms with E-state index in [1.54, 1.807) is 10.7 Å². The Kier molecular flexibility index (Phi) is 5.56. The van der Waals surface area contributed by atoms with Crippen LogP contribution in [0.5, 0.6) is 0 Å². The zero-order chi connectivity index (χ0) is 19.6. The predicted molar refractivity (Wildman–Crippen MR) is 112 cm³/mol. The van der Waals surface area contributed by atoms with Crippen LogP contribution in [0.3, 0.4) is 0 Å². The van der Waals surface area contributed by atoms with Gasteiger partial charge in [-0.3, -0.25) is 0 Å². The summed E-state index contributed by atoms with van der Waals surface area (Å²) in [5, 5.41) is 15.1. The second-order valence-corrected chi connectivity index (χ2v) is 7.02. The first-order valence-corrected chi connectivity index (χ1v) is 9.48. The monoisotopic (exact) mass is 425 g/mol. The fourth-order valence-corrected chi connectivity index (χ4v) is 3.30. The molecule has 0 amide bonds. The average molecular weight is 426 g/mol. The van der Waals surface area contributed by atoms with E-state index in [2.05, 4.69) is 26.0 Å². The van der Waals surface area contributed by atoms with Crippen molar-refractivity contribution < 1.29 is 9.90 Å². The lowest BCUT2D eigenvalue weighted by molar-refractivity contribution is 0.0691. The van der Waals surface area contributed by atoms with Crippen molar-refractivity contribution in [2.24, 2.45) is 0 Å². The van der Waals surface area contributed by atoms with Crippen molar-refractivity contribution in [3.05, 3.63) is 64.4 Å². The van der Waals surface area contributed by atoms with Gasteiger partial charge in [0.25, 0.3) is 0 Å². The first-order chi connectivity index (χ1) is 13.0. The maximum absolute atomic E-state index is 11.7. The molecule has 0 aliphatic carbocycles. The van der Waals surface area contributed by atoms with Gasteiger partial charge >= 0.3 is 5.97 Å². The Balaban J connectivity index is 2.38. The van der Waals surface area contributed by atoms with Crippen molar-refractivity contribution in [2.45, 2.75) is 27.2 Å². The van der Waals surface area contributed by atoms with E-state index in [1.807, 2.05) is 63.3 Å². The highest BCUT2D eigenvalue weighted by Crippen LogP contribution is 2.33. The first kappa shape index (κ1) is 19.0. The minimum atomic E-state index is -1.06. The molecular weight excluding hydrogens is 406 g/mol. The van der Waals surface area contributed by atoms with Crippen molar-refractivity contribution in [2.75, 3.05) is 0 Å². The summed E-state index contributed by atoms with van der Waals surface area (Å²) in [5.74, 6) is -1.06. The number of allylic oxidation sites excluding steroid dienone is 4. The van der Waals surface area contributed by atoms with Crippen molar-refractivity contribution >= 4 is 38.6 Å². The Morgan fingerprint density at radius 2 is 2.00 bits per heavy atom. The Hall–Kier alpha value is -2.73. The van der Waals surface area contributed by atoms with Gasteiger partial charge < -0.3 is 5.11 Å². The summed E-state index contributed by atoms with van der Waals surface area (Å²) in [5.41, 5.74) is 3.95. The zero-order valence-corrected chi connectivity index (χ0v) is 17.0. The molecule has 3 rings (SSSR count). The van der Waals surface area contributed by atoms with E-state index in [9.17, 15) is 9.90 Å². The summed E-state index contributed by atoms with van der Waals surface area (Å²) in [4.78, 5) is 16.1. The molecule has 0 radical (unpaired) electrons. The van der Waals surface area contributed by atoms with E-state index in [4.69, 9.17) is 0 Å². The fraction of sp³-hybridized carbons (Fsp3) is 0.190. The number of rotatable bonds is 5. The van der Waals surface area contributed by atoms with Crippen molar-refractivity contribution in [3.63, 3.8) is 0 Å². The lowest BCUT2D eigenvalue weighted by Gasteiger charge is -2.08. The largest absolute Gasteiger partial charge is 0.477 e. The second kappa shape index (κ2) is 7.88. The van der Waals surface area contributed by atoms with Gasteiger partial charge in [0.15, 0.2) is 11.3 Å². The third kappa shape index (κ3) is 3.71. The molecule has 5 nitrogen and oxygen atoms in total. The van der Waals surface area contributed by atoms with E-state index < -0.39 is 5.97 Å². The number of carbonyl (C=O) groups is 1. The van der Waals surface area contributed by atoms with Gasteiger partial charge in [-0.2, -0.15) is 5.10 Å². The normalized spacial score (nSPS) is 12.2. The van der Waals surface area contributed by atoms with Crippen LogP contribution in [0, 0.1) is 6.92 Å². The summed E-state index contributed by atoms with van der Waals surface area (Å²) >= 11 is 3.44. The third-order valence-corrected chi connectivity index (χ3v) is 4.71. The topological polar surface area (TPSA) is 68.0 Å². The quantitative estimate of drug-likeness (QED) is 0.532. The molecule has 0 bridgehead atoms. The molecule has 0 unspecified atom stereocenters. The number of fused-ring (bicyclic) bond motifs is 1. The Morgan fingerprint density at radius 3 is 2.59 bits per heavy atom. The molecule has 0 fully saturated rings. The standard InChI is InChI=1S/C21H20BrN3O2/c1-4-6-16(7-5-2)25-20-19(13(3)24-25)17(12-18(23-20)21(26)27)14-8-10-15(22)11-9-14/h4,6-12H,5H2,1-3H3,(H,26,27)/b6-4-,16-7+. The molecule has 138 valence electrons. The van der Waals surface area contributed by atoms with Crippen molar-refractivity contribution in [3.8, 4) is 11.1 Å². The van der Waals surface area contributed by atoms with E-state index in [0.717, 1.165) is 38.8 Å². The summed E-state index contributed by atoms with van der Waals surface area (Å²) in [6.07, 6.45) is 6.75. The summed E-state index contributed by atoms with van der Waals surface area (Å²) in [6.45, 7) is 5.90. The van der Waals surface area contributed by atoms with Crippen LogP contribution >= 0.6 is 15.9 Å². The molecule has 0 spiro atoms. The van der Waals surface area contributed by atoms with E-state index >= 15 is 0 Å². The molecule has 2 heterocycles. The number of aromatic carboxylic acids is 1. The van der Waals surface area contributed by atoms with Crippen LogP contribution in [0.15, 0.2) is 53.0 Å². The third-order valence-electron chi connectivity index (χ3n) is 4.18. The summed E-state index contributed by atoms with van der Waals surface area (Å²) in [6, 6.07) is 9.39. The molecule has 1 N–H and O–H groups in total. The maximum Gasteiger partial charge on any atom is 0.354 e. The van der Waals surface area contributed by atoms with E-state index in [0.29, 0.717) is 5.65 Å². The SMILES string of the molecule is C/C=C\C(=C/CC)n1nc(C)c2c(-c3ccc(Br)cc3)cc(C(=O)O)nc21. The number of hydrogen-bond acceptors (Lipinski definition) is 3. The number of carboxylic acid groups (broad SMARTS) is 1. The van der Waals surface area contributed by atoms with E-state index in [-0.39, 0.29) is 5.69 Å². The highest BCUT2D eigenvalue weighted by Gasteiger charge is 2.19. The predicted octanol–water partition coefficient (Wildman–Crippen LogP) is 5.69. The average Bonchev–Trinajstić information content (AvgIpc) is 2.98. The molecule has 3 aromatic rings. The number of aryl methyl sites for hydroxylation is 1. The van der Waals surface area contributed by atoms with Gasteiger partial charge in [-0.05, 0) is 55.7 Å². The number of benzene rings is 1. The van der Waals surface area contributed by atoms with Crippen LogP contribution in [-0.4, -0.2) is 25.8 Å². The van der Waals surface area contributed by atoms with Crippen molar-refractivity contribution in [1.29, 1.82) is 0 Å². The molecule has 1 aromatic carbocycles. The van der Waals surface area contributed by atoms with Gasteiger partial charge in [0.05, 0.1) is 16.8 Å². The Morgan fingerprint density at radius 1 is 1.30 bits per heavy atom. The number of halogens is 1. The first-order valence-electron chi connectivity index (χ1n) is 8.69. The number of nitrogens with zero attached hydrogens (tertiary/aromatic N) is 3. The van der Waals surface area contributed by atoms with Crippen LogP contribution in [0.25, 0.3) is 27.9 Å². The maximum atomic E-state index is 11.7. The minimum absolute atomic E-state index is 0.00195. The van der Waals surface area contributed by atoms with E-state index in [1.165, 1.54) is 0 Å². The van der Waals surface area contributed by atoms with Gasteiger partial charge in [0, 0.05) is 4.47 Å². The van der Waals surface area contributed by atoms with Gasteiger partial charge in [0.1, 0.15) is 0 Å². The molecule has 0 aliphatic heterocycles. The van der Waals surface area contributed by atoms with Gasteiger partial charge in [-0.1, -0.05) is 47.1 Å². The lowest BCUT2D eigenvalue weighted by Crippen LogP contribution is -2.04. The highest BCUT2D eigenvalue weighted by atomic mass is 79.9. The van der Waals surface area contributed by atoms with Gasteiger partial charge in [-0.15, -0.1) is 0 Å². The number of carboxylic acids is 1. The molecule has 0 saturated heterocycles. The highest BCUT2D eigenvalue weighted by molar-refractivity contribution is 9.10. The van der Waals surface area contributed by atoms with Gasteiger partial charge in [0.2, 0.25) is 0 Å². The van der Waals surface area contributed by atoms with Crippen molar-refractivity contribution in [1.82, 2.24) is 14.8 Å². The number of pyridine rings is 1.